The number of ether oxygens (including phenoxy) is 1. The highest BCUT2D eigenvalue weighted by molar-refractivity contribution is 4.86. The van der Waals surface area contributed by atoms with E-state index >= 15 is 0 Å². The Morgan fingerprint density at radius 1 is 1.32 bits per heavy atom. The first-order valence-electron chi connectivity index (χ1n) is 8.23. The van der Waals surface area contributed by atoms with Crippen molar-refractivity contribution in [3.63, 3.8) is 0 Å². The fraction of sp³-hybridized carbons (Fsp3) is 1.00. The van der Waals surface area contributed by atoms with E-state index in [1.807, 2.05) is 7.11 Å². The second-order valence-corrected chi connectivity index (χ2v) is 5.89. The largest absolute Gasteiger partial charge is 0.384 e. The Kier molecular flexibility index (Phi) is 8.67. The maximum atomic E-state index is 5.36. The number of likely N-dealkylation sites (tertiary alicyclic amines) is 1. The third-order valence-corrected chi connectivity index (χ3v) is 4.37. The third kappa shape index (κ3) is 5.41. The van der Waals surface area contributed by atoms with Crippen LogP contribution in [0.4, 0.5) is 0 Å². The molecule has 1 aliphatic rings. The molecule has 1 aliphatic heterocycles. The number of methoxy groups -OCH3 is 1. The minimum Gasteiger partial charge on any atom is -0.384 e. The van der Waals surface area contributed by atoms with Gasteiger partial charge in [-0.1, -0.05) is 27.2 Å². The van der Waals surface area contributed by atoms with Gasteiger partial charge in [0.15, 0.2) is 0 Å². The lowest BCUT2D eigenvalue weighted by molar-refractivity contribution is 0.0536. The van der Waals surface area contributed by atoms with Crippen LogP contribution < -0.4 is 5.32 Å². The second kappa shape index (κ2) is 9.73. The lowest BCUT2D eigenvalue weighted by Crippen LogP contribution is -2.53. The van der Waals surface area contributed by atoms with Crippen LogP contribution >= 0.6 is 0 Å². The molecule has 0 aromatic heterocycles. The molecule has 0 radical (unpaired) electrons. The summed E-state index contributed by atoms with van der Waals surface area (Å²) in [6, 6.07) is 1.35. The van der Waals surface area contributed by atoms with Crippen molar-refractivity contribution in [3.05, 3.63) is 0 Å². The van der Waals surface area contributed by atoms with Crippen molar-refractivity contribution in [2.75, 3.05) is 33.4 Å². The molecule has 114 valence electrons. The topological polar surface area (TPSA) is 24.5 Å². The molecule has 0 aromatic carbocycles. The molecule has 19 heavy (non-hydrogen) atoms. The van der Waals surface area contributed by atoms with E-state index in [0.717, 1.165) is 19.1 Å². The molecule has 3 unspecified atom stereocenters. The zero-order chi connectivity index (χ0) is 14.1. The highest BCUT2D eigenvalue weighted by Gasteiger charge is 2.29. The monoisotopic (exact) mass is 270 g/mol. The number of likely N-dealkylation sites (N-methyl/N-ethyl adjacent to an activating group) is 1. The molecular formula is C16H34N2O. The molecule has 0 spiro atoms. The van der Waals surface area contributed by atoms with Crippen molar-refractivity contribution in [1.82, 2.24) is 10.2 Å². The van der Waals surface area contributed by atoms with Crippen LogP contribution in [0.25, 0.3) is 0 Å². The molecule has 1 heterocycles. The van der Waals surface area contributed by atoms with Gasteiger partial charge in [0.25, 0.3) is 0 Å². The van der Waals surface area contributed by atoms with E-state index in [1.165, 1.54) is 45.2 Å². The molecule has 0 amide bonds. The predicted octanol–water partition coefficient (Wildman–Crippen LogP) is 2.90. The highest BCUT2D eigenvalue weighted by Crippen LogP contribution is 2.22. The minimum absolute atomic E-state index is 0.654. The number of piperidine rings is 1. The van der Waals surface area contributed by atoms with Crippen LogP contribution in [0.15, 0.2) is 0 Å². The molecule has 3 nitrogen and oxygen atoms in total. The van der Waals surface area contributed by atoms with Gasteiger partial charge in [0, 0.05) is 25.7 Å². The maximum absolute atomic E-state index is 5.36. The smallest absolute Gasteiger partial charge is 0.0502 e. The second-order valence-electron chi connectivity index (χ2n) is 5.89. The first-order chi connectivity index (χ1) is 9.26. The van der Waals surface area contributed by atoms with Gasteiger partial charge in [-0.05, 0) is 44.7 Å². The number of nitrogens with one attached hydrogen (secondary N) is 1. The summed E-state index contributed by atoms with van der Waals surface area (Å²) in [6.07, 6.45) is 6.47. The molecule has 0 aromatic rings. The zero-order valence-corrected chi connectivity index (χ0v) is 13.5. The van der Waals surface area contributed by atoms with E-state index in [2.05, 4.69) is 31.0 Å². The van der Waals surface area contributed by atoms with Crippen LogP contribution in [0, 0.1) is 5.92 Å². The van der Waals surface area contributed by atoms with Crippen molar-refractivity contribution in [2.24, 2.45) is 5.92 Å². The van der Waals surface area contributed by atoms with Crippen LogP contribution in [-0.2, 0) is 4.74 Å². The number of hydrogen-bond acceptors (Lipinski definition) is 3. The maximum Gasteiger partial charge on any atom is 0.0502 e. The third-order valence-electron chi connectivity index (χ3n) is 4.37. The van der Waals surface area contributed by atoms with Crippen molar-refractivity contribution < 1.29 is 4.74 Å². The predicted molar refractivity (Wildman–Crippen MR) is 82.6 cm³/mol. The van der Waals surface area contributed by atoms with Crippen LogP contribution in [-0.4, -0.2) is 50.3 Å². The summed E-state index contributed by atoms with van der Waals surface area (Å²) in [5.74, 6) is 0.733. The van der Waals surface area contributed by atoms with Gasteiger partial charge >= 0.3 is 0 Å². The zero-order valence-electron chi connectivity index (χ0n) is 13.5. The lowest BCUT2D eigenvalue weighted by atomic mass is 9.93. The Balaban J connectivity index is 2.59. The summed E-state index contributed by atoms with van der Waals surface area (Å²) in [6.45, 7) is 11.3. The van der Waals surface area contributed by atoms with E-state index < -0.39 is 0 Å². The average Bonchev–Trinajstić information content (AvgIpc) is 2.41. The van der Waals surface area contributed by atoms with Crippen molar-refractivity contribution >= 4 is 0 Å². The average molecular weight is 270 g/mol. The minimum atomic E-state index is 0.654. The summed E-state index contributed by atoms with van der Waals surface area (Å²) >= 11 is 0. The van der Waals surface area contributed by atoms with E-state index in [0.29, 0.717) is 12.1 Å². The van der Waals surface area contributed by atoms with Gasteiger partial charge in [0.05, 0.1) is 6.61 Å². The van der Waals surface area contributed by atoms with Gasteiger partial charge in [0.2, 0.25) is 0 Å². The van der Waals surface area contributed by atoms with Crippen LogP contribution in [0.3, 0.4) is 0 Å². The normalized spacial score (nSPS) is 24.3. The molecule has 0 bridgehead atoms. The molecular weight excluding hydrogens is 236 g/mol. The summed E-state index contributed by atoms with van der Waals surface area (Å²) in [4.78, 5) is 2.72. The number of rotatable bonds is 9. The number of hydrogen-bond donors (Lipinski definition) is 1. The summed E-state index contributed by atoms with van der Waals surface area (Å²) in [7, 11) is 1.83. The SMILES string of the molecule is CCCC(NCC)C(CC)N1CCCC(COC)C1. The summed E-state index contributed by atoms with van der Waals surface area (Å²) < 4.78 is 5.36. The Bertz CT molecular complexity index is 215. The van der Waals surface area contributed by atoms with E-state index in [4.69, 9.17) is 4.74 Å². The molecule has 1 fully saturated rings. The fourth-order valence-electron chi connectivity index (χ4n) is 3.57. The summed E-state index contributed by atoms with van der Waals surface area (Å²) in [5.41, 5.74) is 0. The van der Waals surface area contributed by atoms with E-state index in [-0.39, 0.29) is 0 Å². The Morgan fingerprint density at radius 2 is 2.11 bits per heavy atom. The van der Waals surface area contributed by atoms with Gasteiger partial charge in [-0.2, -0.15) is 0 Å². The van der Waals surface area contributed by atoms with Gasteiger partial charge in [-0.25, -0.2) is 0 Å². The Labute approximate surface area is 120 Å². The molecule has 1 N–H and O–H groups in total. The Hall–Kier alpha value is -0.120. The molecule has 1 saturated heterocycles. The van der Waals surface area contributed by atoms with Crippen LogP contribution in [0.1, 0.15) is 52.9 Å². The quantitative estimate of drug-likeness (QED) is 0.697. The molecule has 0 saturated carbocycles. The fourth-order valence-corrected chi connectivity index (χ4v) is 3.57. The molecule has 1 rings (SSSR count). The van der Waals surface area contributed by atoms with Crippen molar-refractivity contribution in [1.29, 1.82) is 0 Å². The van der Waals surface area contributed by atoms with Crippen molar-refractivity contribution in [3.8, 4) is 0 Å². The van der Waals surface area contributed by atoms with Gasteiger partial charge < -0.3 is 10.1 Å². The standard InChI is InChI=1S/C16H34N2O/c1-5-9-15(17-7-3)16(6-2)18-11-8-10-14(12-18)13-19-4/h14-17H,5-13H2,1-4H3. The number of nitrogens with zero attached hydrogens (tertiary/aromatic N) is 1. The van der Waals surface area contributed by atoms with E-state index in [9.17, 15) is 0 Å². The van der Waals surface area contributed by atoms with Crippen LogP contribution in [0.2, 0.25) is 0 Å². The first-order valence-corrected chi connectivity index (χ1v) is 8.23. The molecule has 0 aliphatic carbocycles. The van der Waals surface area contributed by atoms with Crippen LogP contribution in [0.5, 0.6) is 0 Å². The van der Waals surface area contributed by atoms with Gasteiger partial charge in [0.1, 0.15) is 0 Å². The Morgan fingerprint density at radius 3 is 2.68 bits per heavy atom. The summed E-state index contributed by atoms with van der Waals surface area (Å²) in [5, 5.41) is 3.71. The van der Waals surface area contributed by atoms with Gasteiger partial charge in [-0.15, -0.1) is 0 Å². The lowest BCUT2D eigenvalue weighted by Gasteiger charge is -2.41. The molecule has 3 heteroatoms. The van der Waals surface area contributed by atoms with Crippen molar-refractivity contribution in [2.45, 2.75) is 65.0 Å². The molecule has 3 atom stereocenters. The highest BCUT2D eigenvalue weighted by atomic mass is 16.5. The first kappa shape index (κ1) is 16.9. The van der Waals surface area contributed by atoms with Gasteiger partial charge in [-0.3, -0.25) is 4.90 Å². The van der Waals surface area contributed by atoms with E-state index in [1.54, 1.807) is 0 Å².